The van der Waals surface area contributed by atoms with Crippen molar-refractivity contribution in [2.75, 3.05) is 26.8 Å². The zero-order chi connectivity index (χ0) is 30.2. The number of aromatic nitrogens is 1. The molecule has 9 rings (SSSR count). The van der Waals surface area contributed by atoms with Crippen LogP contribution in [0.2, 0.25) is 0 Å². The molecule has 3 heterocycles. The first-order chi connectivity index (χ1) is 22.1. The fourth-order valence-corrected chi connectivity index (χ4v) is 9.29. The van der Waals surface area contributed by atoms with Gasteiger partial charge in [0.25, 0.3) is 0 Å². The number of benzene rings is 3. The van der Waals surface area contributed by atoms with Crippen molar-refractivity contribution >= 4 is 0 Å². The molecule has 0 amide bonds. The first kappa shape index (κ1) is 27.4. The summed E-state index contributed by atoms with van der Waals surface area (Å²) >= 11 is 0. The molecule has 6 nitrogen and oxygen atoms in total. The Balaban J connectivity index is 1.19. The van der Waals surface area contributed by atoms with E-state index in [1.807, 2.05) is 30.5 Å². The Bertz CT molecular complexity index is 1770. The van der Waals surface area contributed by atoms with Crippen LogP contribution in [0.3, 0.4) is 0 Å². The van der Waals surface area contributed by atoms with E-state index in [0.717, 1.165) is 73.7 Å². The molecule has 230 valence electrons. The van der Waals surface area contributed by atoms with Gasteiger partial charge in [0, 0.05) is 48.5 Å². The Kier molecular flexibility index (Phi) is 6.30. The fourth-order valence-electron chi connectivity index (χ4n) is 9.29. The van der Waals surface area contributed by atoms with E-state index in [4.69, 9.17) is 19.2 Å². The summed E-state index contributed by atoms with van der Waals surface area (Å²) in [6.07, 6.45) is 8.85. The smallest absolute Gasteiger partial charge is 0.166 e. The lowest BCUT2D eigenvalue weighted by atomic mass is 9.48. The number of hydrogen-bond donors (Lipinski definition) is 1. The zero-order valence-corrected chi connectivity index (χ0v) is 25.9. The Labute approximate surface area is 265 Å². The van der Waals surface area contributed by atoms with Crippen LogP contribution in [0.5, 0.6) is 17.2 Å². The lowest BCUT2D eigenvalue weighted by molar-refractivity contribution is -0.205. The van der Waals surface area contributed by atoms with Gasteiger partial charge >= 0.3 is 0 Å². The number of fused-ring (bicyclic) bond motifs is 2. The normalized spacial score (nSPS) is 27.4. The number of phenols is 1. The van der Waals surface area contributed by atoms with E-state index in [-0.39, 0.29) is 17.9 Å². The van der Waals surface area contributed by atoms with Gasteiger partial charge in [0.2, 0.25) is 0 Å². The summed E-state index contributed by atoms with van der Waals surface area (Å²) in [4.78, 5) is 7.93. The van der Waals surface area contributed by atoms with Gasteiger partial charge in [-0.15, -0.1) is 0 Å². The molecule has 4 aromatic rings. The molecule has 3 aromatic carbocycles. The fraction of sp³-hybridized carbons (Fsp3) is 0.410. The van der Waals surface area contributed by atoms with Crippen LogP contribution in [0.15, 0.2) is 79.0 Å². The summed E-state index contributed by atoms with van der Waals surface area (Å²) in [7, 11) is 1.72. The second-order valence-corrected chi connectivity index (χ2v) is 13.8. The standard InChI is InChI=1S/C39H40N2O4/c1-43-32-12-6-5-11-30(32)29-20-28-22-39(44-19-7-10-25-8-3-2-4-9-25)33-21-27-15-16-31(42)36-34(27)38(39,37(45-36)35(28)40-23-29)17-18-41(33)24-26-13-14-26/h2-6,8-9,11-12,15-16,20,23,26,33,37,42H,7,10,13-14,17-19,21-22,24H2,1H3/t33-,37+,38+,39-/m1/s1. The Morgan fingerprint density at radius 1 is 1.02 bits per heavy atom. The number of pyridine rings is 1. The van der Waals surface area contributed by atoms with Gasteiger partial charge in [-0.2, -0.15) is 0 Å². The maximum Gasteiger partial charge on any atom is 0.166 e. The quantitative estimate of drug-likeness (QED) is 0.213. The Morgan fingerprint density at radius 3 is 2.71 bits per heavy atom. The van der Waals surface area contributed by atoms with Crippen molar-refractivity contribution < 1.29 is 19.3 Å². The summed E-state index contributed by atoms with van der Waals surface area (Å²) in [6.45, 7) is 2.82. The molecule has 4 atom stereocenters. The van der Waals surface area contributed by atoms with Crippen LogP contribution >= 0.6 is 0 Å². The molecular weight excluding hydrogens is 560 g/mol. The summed E-state index contributed by atoms with van der Waals surface area (Å²) in [5.41, 5.74) is 7.15. The molecule has 3 aliphatic carbocycles. The molecule has 1 saturated heterocycles. The molecule has 2 aliphatic heterocycles. The van der Waals surface area contributed by atoms with Crippen LogP contribution in [0.25, 0.3) is 11.1 Å². The highest BCUT2D eigenvalue weighted by molar-refractivity contribution is 5.72. The van der Waals surface area contributed by atoms with Crippen LogP contribution in [-0.4, -0.2) is 53.4 Å². The molecule has 1 saturated carbocycles. The van der Waals surface area contributed by atoms with Gasteiger partial charge < -0.3 is 19.3 Å². The van der Waals surface area contributed by atoms with Crippen molar-refractivity contribution in [2.24, 2.45) is 5.92 Å². The number of aromatic hydroxyl groups is 1. The van der Waals surface area contributed by atoms with Gasteiger partial charge in [0.15, 0.2) is 17.6 Å². The summed E-state index contributed by atoms with van der Waals surface area (Å²) in [6, 6.07) is 25.4. The number of methoxy groups -OCH3 is 1. The molecule has 0 radical (unpaired) electrons. The largest absolute Gasteiger partial charge is 0.504 e. The summed E-state index contributed by atoms with van der Waals surface area (Å²) in [5, 5.41) is 11.2. The number of rotatable bonds is 9. The maximum absolute atomic E-state index is 11.2. The van der Waals surface area contributed by atoms with Gasteiger partial charge in [0.1, 0.15) is 11.4 Å². The molecule has 1 spiro atoms. The number of piperidine rings is 1. The van der Waals surface area contributed by atoms with Crippen LogP contribution in [0, 0.1) is 5.92 Å². The second-order valence-electron chi connectivity index (χ2n) is 13.8. The first-order valence-corrected chi connectivity index (χ1v) is 16.7. The van der Waals surface area contributed by atoms with E-state index in [9.17, 15) is 5.11 Å². The minimum atomic E-state index is -0.498. The van der Waals surface area contributed by atoms with Crippen molar-refractivity contribution in [2.45, 2.75) is 68.1 Å². The zero-order valence-electron chi connectivity index (χ0n) is 25.9. The van der Waals surface area contributed by atoms with E-state index in [1.165, 1.54) is 35.1 Å². The van der Waals surface area contributed by atoms with Crippen LogP contribution in [-0.2, 0) is 29.4 Å². The number of para-hydroxylation sites is 1. The lowest BCUT2D eigenvalue weighted by Crippen LogP contribution is -2.75. The summed E-state index contributed by atoms with van der Waals surface area (Å²) in [5.74, 6) is 2.49. The van der Waals surface area contributed by atoms with Crippen LogP contribution < -0.4 is 9.47 Å². The average Bonchev–Trinajstić information content (AvgIpc) is 3.82. The molecular formula is C39H40N2O4. The van der Waals surface area contributed by atoms with Crippen molar-refractivity contribution in [3.63, 3.8) is 0 Å². The van der Waals surface area contributed by atoms with Gasteiger partial charge in [-0.05, 0) is 85.9 Å². The second kappa shape index (κ2) is 10.3. The third-order valence-electron chi connectivity index (χ3n) is 11.4. The van der Waals surface area contributed by atoms with Crippen molar-refractivity contribution in [1.29, 1.82) is 0 Å². The number of nitrogens with zero attached hydrogens (tertiary/aromatic N) is 2. The molecule has 0 unspecified atom stereocenters. The van der Waals surface area contributed by atoms with Crippen molar-refractivity contribution in [1.82, 2.24) is 9.88 Å². The highest BCUT2D eigenvalue weighted by atomic mass is 16.5. The number of phenolic OH excluding ortho intramolecular Hbond substituents is 1. The first-order valence-electron chi connectivity index (χ1n) is 16.7. The van der Waals surface area contributed by atoms with E-state index in [1.54, 1.807) is 7.11 Å². The monoisotopic (exact) mass is 600 g/mol. The lowest BCUT2D eigenvalue weighted by Gasteiger charge is -2.64. The topological polar surface area (TPSA) is 64.0 Å². The highest BCUT2D eigenvalue weighted by Crippen LogP contribution is 2.69. The third-order valence-corrected chi connectivity index (χ3v) is 11.4. The molecule has 1 N–H and O–H groups in total. The van der Waals surface area contributed by atoms with Crippen LogP contribution in [0.1, 0.15) is 59.7 Å². The van der Waals surface area contributed by atoms with Gasteiger partial charge in [-0.1, -0.05) is 54.6 Å². The van der Waals surface area contributed by atoms with E-state index >= 15 is 0 Å². The predicted octanol–water partition coefficient (Wildman–Crippen LogP) is 6.82. The average molecular weight is 601 g/mol. The predicted molar refractivity (Wildman–Crippen MR) is 173 cm³/mol. The Hall–Kier alpha value is -3.87. The van der Waals surface area contributed by atoms with E-state index < -0.39 is 11.0 Å². The van der Waals surface area contributed by atoms with Gasteiger partial charge in [-0.3, -0.25) is 9.88 Å². The molecule has 5 aliphatic rings. The van der Waals surface area contributed by atoms with Crippen molar-refractivity contribution in [3.8, 4) is 28.4 Å². The van der Waals surface area contributed by atoms with Gasteiger partial charge in [0.05, 0.1) is 18.2 Å². The van der Waals surface area contributed by atoms with Crippen LogP contribution in [0.4, 0.5) is 0 Å². The molecule has 2 fully saturated rings. The minimum Gasteiger partial charge on any atom is -0.504 e. The minimum absolute atomic E-state index is 0.223. The number of ether oxygens (including phenoxy) is 3. The SMILES string of the molecule is COc1ccccc1-c1cnc2c(c1)C[C@@]1(OCCCc3ccccc3)[C@H]3Cc4ccc(O)c5c4[C@@]1(CCN3CC1CC1)[C@H]2O5. The molecule has 6 heteroatoms. The number of aryl methyl sites for hydroxylation is 1. The molecule has 2 bridgehead atoms. The van der Waals surface area contributed by atoms with Crippen molar-refractivity contribution in [3.05, 3.63) is 107 Å². The number of hydrogen-bond acceptors (Lipinski definition) is 6. The Morgan fingerprint density at radius 2 is 1.87 bits per heavy atom. The maximum atomic E-state index is 11.2. The third kappa shape index (κ3) is 4.04. The number of likely N-dealkylation sites (tertiary alicyclic amines) is 1. The van der Waals surface area contributed by atoms with E-state index in [0.29, 0.717) is 12.4 Å². The highest BCUT2D eigenvalue weighted by Gasteiger charge is 2.73. The van der Waals surface area contributed by atoms with Gasteiger partial charge in [-0.25, -0.2) is 0 Å². The molecule has 45 heavy (non-hydrogen) atoms. The molecule has 1 aromatic heterocycles. The van der Waals surface area contributed by atoms with E-state index in [2.05, 4.69) is 53.4 Å². The summed E-state index contributed by atoms with van der Waals surface area (Å²) < 4.78 is 20.1.